The lowest BCUT2D eigenvalue weighted by Gasteiger charge is -2.10. The summed E-state index contributed by atoms with van der Waals surface area (Å²) in [5.41, 5.74) is 2.40. The molecule has 3 heteroatoms. The van der Waals surface area contributed by atoms with Crippen molar-refractivity contribution in [2.24, 2.45) is 0 Å². The van der Waals surface area contributed by atoms with E-state index in [2.05, 4.69) is 41.2 Å². The number of aromatic nitrogens is 1. The molecule has 0 aliphatic carbocycles. The highest BCUT2D eigenvalue weighted by Gasteiger charge is 2.04. The predicted octanol–water partition coefficient (Wildman–Crippen LogP) is 3.34. The van der Waals surface area contributed by atoms with Gasteiger partial charge >= 0.3 is 0 Å². The Morgan fingerprint density at radius 2 is 1.95 bits per heavy atom. The van der Waals surface area contributed by atoms with Gasteiger partial charge in [0, 0.05) is 24.9 Å². The first-order valence-corrected chi connectivity index (χ1v) is 7.24. The molecule has 1 amide bonds. The van der Waals surface area contributed by atoms with E-state index in [1.54, 1.807) is 0 Å². The number of hydrogen-bond donors (Lipinski definition) is 1. The van der Waals surface area contributed by atoms with Crippen LogP contribution < -0.4 is 5.32 Å². The van der Waals surface area contributed by atoms with E-state index >= 15 is 0 Å². The summed E-state index contributed by atoms with van der Waals surface area (Å²) in [6.45, 7) is 3.54. The minimum Gasteiger partial charge on any atom is -0.351 e. The fraction of sp³-hybridized carbons (Fsp3) is 0.353. The zero-order valence-corrected chi connectivity index (χ0v) is 12.0. The van der Waals surface area contributed by atoms with Crippen LogP contribution in [0.4, 0.5) is 0 Å². The summed E-state index contributed by atoms with van der Waals surface area (Å²) in [7, 11) is 0. The molecule has 106 valence electrons. The molecular weight excluding hydrogens is 248 g/mol. The van der Waals surface area contributed by atoms with Gasteiger partial charge in [-0.15, -0.1) is 0 Å². The van der Waals surface area contributed by atoms with Gasteiger partial charge in [-0.3, -0.25) is 4.79 Å². The van der Waals surface area contributed by atoms with E-state index < -0.39 is 0 Å². The molecule has 1 N–H and O–H groups in total. The van der Waals surface area contributed by atoms with Crippen molar-refractivity contribution in [2.45, 2.75) is 39.3 Å². The van der Waals surface area contributed by atoms with Crippen molar-refractivity contribution >= 4 is 5.91 Å². The van der Waals surface area contributed by atoms with Crippen molar-refractivity contribution in [3.8, 4) is 0 Å². The molecule has 0 saturated heterocycles. The Kier molecular flexibility index (Phi) is 5.42. The molecule has 0 saturated carbocycles. The third kappa shape index (κ3) is 4.26. The highest BCUT2D eigenvalue weighted by atomic mass is 16.1. The fourth-order valence-corrected chi connectivity index (χ4v) is 2.16. The van der Waals surface area contributed by atoms with Crippen LogP contribution in [0.2, 0.25) is 0 Å². The van der Waals surface area contributed by atoms with Crippen LogP contribution in [0.1, 0.15) is 37.4 Å². The zero-order valence-electron chi connectivity index (χ0n) is 12.0. The van der Waals surface area contributed by atoms with Gasteiger partial charge in [0.15, 0.2) is 0 Å². The van der Waals surface area contributed by atoms with Crippen molar-refractivity contribution in [2.75, 3.05) is 0 Å². The summed E-state index contributed by atoms with van der Waals surface area (Å²) in [6.07, 6.45) is 4.69. The smallest absolute Gasteiger partial charge is 0.220 e. The Hall–Kier alpha value is -2.03. The number of amides is 1. The lowest BCUT2D eigenvalue weighted by Crippen LogP contribution is -2.23. The second-order valence-electron chi connectivity index (χ2n) is 4.99. The molecule has 1 heterocycles. The Morgan fingerprint density at radius 1 is 1.15 bits per heavy atom. The third-order valence-electron chi connectivity index (χ3n) is 3.34. The summed E-state index contributed by atoms with van der Waals surface area (Å²) < 4.78 is 2.18. The minimum atomic E-state index is 0.138. The van der Waals surface area contributed by atoms with E-state index in [0.29, 0.717) is 13.0 Å². The van der Waals surface area contributed by atoms with Gasteiger partial charge in [0.25, 0.3) is 0 Å². The first kappa shape index (κ1) is 14.4. The monoisotopic (exact) mass is 270 g/mol. The average molecular weight is 270 g/mol. The Morgan fingerprint density at radius 3 is 2.70 bits per heavy atom. The summed E-state index contributed by atoms with van der Waals surface area (Å²) >= 11 is 0. The SMILES string of the molecule is CCCCC(=O)NCc1cccn1Cc1ccccc1. The van der Waals surface area contributed by atoms with Crippen molar-refractivity contribution in [1.82, 2.24) is 9.88 Å². The van der Waals surface area contributed by atoms with Crippen molar-refractivity contribution in [3.63, 3.8) is 0 Å². The lowest BCUT2D eigenvalue weighted by molar-refractivity contribution is -0.121. The van der Waals surface area contributed by atoms with Gasteiger partial charge in [-0.05, 0) is 24.1 Å². The number of carbonyl (C=O) groups excluding carboxylic acids is 1. The molecule has 1 aromatic carbocycles. The molecule has 1 aromatic heterocycles. The first-order chi connectivity index (χ1) is 9.79. The molecular formula is C17H22N2O. The van der Waals surface area contributed by atoms with E-state index in [4.69, 9.17) is 0 Å². The summed E-state index contributed by atoms with van der Waals surface area (Å²) in [5.74, 6) is 0.138. The van der Waals surface area contributed by atoms with Gasteiger partial charge in [0.2, 0.25) is 5.91 Å². The Bertz CT molecular complexity index is 531. The maximum absolute atomic E-state index is 11.6. The van der Waals surface area contributed by atoms with Crippen LogP contribution in [0.25, 0.3) is 0 Å². The number of carbonyl (C=O) groups is 1. The third-order valence-corrected chi connectivity index (χ3v) is 3.34. The van der Waals surface area contributed by atoms with E-state index in [9.17, 15) is 4.79 Å². The van der Waals surface area contributed by atoms with Gasteiger partial charge in [-0.1, -0.05) is 43.7 Å². The molecule has 0 spiro atoms. The molecule has 0 fully saturated rings. The molecule has 2 rings (SSSR count). The van der Waals surface area contributed by atoms with Crippen molar-refractivity contribution in [3.05, 3.63) is 59.9 Å². The van der Waals surface area contributed by atoms with Crippen LogP contribution >= 0.6 is 0 Å². The highest BCUT2D eigenvalue weighted by Crippen LogP contribution is 2.08. The standard InChI is InChI=1S/C17H22N2O/c1-2-3-11-17(20)18-13-16-10-7-12-19(16)14-15-8-5-4-6-9-15/h4-10,12H,2-3,11,13-14H2,1H3,(H,18,20). The Labute approximate surface area is 120 Å². The van der Waals surface area contributed by atoms with Gasteiger partial charge in [0.1, 0.15) is 0 Å². The molecule has 0 aliphatic heterocycles. The number of unbranched alkanes of at least 4 members (excludes halogenated alkanes) is 1. The summed E-state index contributed by atoms with van der Waals surface area (Å²) in [5, 5.41) is 2.99. The zero-order chi connectivity index (χ0) is 14.2. The number of benzene rings is 1. The number of nitrogens with one attached hydrogen (secondary N) is 1. The second kappa shape index (κ2) is 7.53. The predicted molar refractivity (Wildman–Crippen MR) is 81.3 cm³/mol. The fourth-order valence-electron chi connectivity index (χ4n) is 2.16. The first-order valence-electron chi connectivity index (χ1n) is 7.24. The maximum atomic E-state index is 11.6. The quantitative estimate of drug-likeness (QED) is 0.822. The highest BCUT2D eigenvalue weighted by molar-refractivity contribution is 5.75. The second-order valence-corrected chi connectivity index (χ2v) is 4.99. The van der Waals surface area contributed by atoms with Crippen LogP contribution in [-0.2, 0) is 17.9 Å². The van der Waals surface area contributed by atoms with Crippen LogP contribution in [0, 0.1) is 0 Å². The average Bonchev–Trinajstić information content (AvgIpc) is 2.91. The van der Waals surface area contributed by atoms with E-state index in [0.717, 1.165) is 25.1 Å². The van der Waals surface area contributed by atoms with Gasteiger partial charge in [-0.25, -0.2) is 0 Å². The summed E-state index contributed by atoms with van der Waals surface area (Å²) in [4.78, 5) is 11.6. The molecule has 20 heavy (non-hydrogen) atoms. The van der Waals surface area contributed by atoms with Gasteiger partial charge in [-0.2, -0.15) is 0 Å². The van der Waals surface area contributed by atoms with Crippen LogP contribution in [0.5, 0.6) is 0 Å². The van der Waals surface area contributed by atoms with Crippen molar-refractivity contribution < 1.29 is 4.79 Å². The lowest BCUT2D eigenvalue weighted by atomic mass is 10.2. The number of rotatable bonds is 7. The molecule has 3 nitrogen and oxygen atoms in total. The molecule has 0 radical (unpaired) electrons. The van der Waals surface area contributed by atoms with Crippen LogP contribution in [0.15, 0.2) is 48.7 Å². The topological polar surface area (TPSA) is 34.0 Å². The van der Waals surface area contributed by atoms with E-state index in [1.165, 1.54) is 5.56 Å². The normalized spacial score (nSPS) is 10.4. The molecule has 0 unspecified atom stereocenters. The maximum Gasteiger partial charge on any atom is 0.220 e. The number of nitrogens with zero attached hydrogens (tertiary/aromatic N) is 1. The molecule has 0 aliphatic rings. The van der Waals surface area contributed by atoms with Gasteiger partial charge in [0.05, 0.1) is 6.54 Å². The minimum absolute atomic E-state index is 0.138. The Balaban J connectivity index is 1.90. The van der Waals surface area contributed by atoms with E-state index in [1.807, 2.05) is 24.3 Å². The molecule has 0 atom stereocenters. The van der Waals surface area contributed by atoms with Crippen molar-refractivity contribution in [1.29, 1.82) is 0 Å². The van der Waals surface area contributed by atoms with Gasteiger partial charge < -0.3 is 9.88 Å². The van der Waals surface area contributed by atoms with E-state index in [-0.39, 0.29) is 5.91 Å². The largest absolute Gasteiger partial charge is 0.351 e. The van der Waals surface area contributed by atoms with Crippen LogP contribution in [0.3, 0.4) is 0 Å². The number of hydrogen-bond acceptors (Lipinski definition) is 1. The molecule has 0 bridgehead atoms. The van der Waals surface area contributed by atoms with Crippen LogP contribution in [-0.4, -0.2) is 10.5 Å². The molecule has 2 aromatic rings. The summed E-state index contributed by atoms with van der Waals surface area (Å²) in [6, 6.07) is 14.4.